The fraction of sp³-hybridized carbons (Fsp3) is 0.471. The lowest BCUT2D eigenvalue weighted by Crippen LogP contribution is -2.44. The van der Waals surface area contributed by atoms with Gasteiger partial charge in [0.2, 0.25) is 11.8 Å². The second-order valence-corrected chi connectivity index (χ2v) is 6.58. The van der Waals surface area contributed by atoms with E-state index in [1.165, 1.54) is 4.90 Å². The van der Waals surface area contributed by atoms with Gasteiger partial charge in [-0.1, -0.05) is 24.3 Å². The Morgan fingerprint density at radius 2 is 1.62 bits per heavy atom. The van der Waals surface area contributed by atoms with Crippen molar-refractivity contribution >= 4 is 17.6 Å². The number of imide groups is 1. The number of amides is 2. The molecule has 1 heterocycles. The van der Waals surface area contributed by atoms with E-state index in [1.54, 1.807) is 0 Å². The van der Waals surface area contributed by atoms with Gasteiger partial charge in [0.25, 0.3) is 0 Å². The van der Waals surface area contributed by atoms with E-state index in [9.17, 15) is 14.4 Å². The number of hydrogen-bond acceptors (Lipinski definition) is 3. The van der Waals surface area contributed by atoms with Crippen LogP contribution in [0, 0.1) is 11.8 Å². The quantitative estimate of drug-likeness (QED) is 0.739. The number of carbonyl (C=O) groups excluding carboxylic acids is 3. The van der Waals surface area contributed by atoms with Crippen molar-refractivity contribution in [2.45, 2.75) is 38.1 Å². The Bertz CT molecular complexity index is 678. The van der Waals surface area contributed by atoms with Gasteiger partial charge in [-0.2, -0.15) is 0 Å². The molecule has 4 aliphatic rings. The first-order valence-electron chi connectivity index (χ1n) is 7.51. The minimum absolute atomic E-state index is 0.0861. The van der Waals surface area contributed by atoms with E-state index in [1.807, 2.05) is 38.1 Å². The molecule has 0 N–H and O–H groups in total. The van der Waals surface area contributed by atoms with Crippen LogP contribution in [0.25, 0.3) is 0 Å². The van der Waals surface area contributed by atoms with Gasteiger partial charge in [0.15, 0.2) is 0 Å². The highest BCUT2D eigenvalue weighted by molar-refractivity contribution is 6.11. The number of Topliss-reactive ketones (excluding diaryl/α,β-unsaturated/α-hetero) is 1. The highest BCUT2D eigenvalue weighted by Gasteiger charge is 2.62. The lowest BCUT2D eigenvalue weighted by molar-refractivity contribution is -0.142. The number of nitrogens with zero attached hydrogens (tertiary/aromatic N) is 1. The number of hydrogen-bond donors (Lipinski definition) is 0. The van der Waals surface area contributed by atoms with Crippen molar-refractivity contribution in [3.63, 3.8) is 0 Å². The zero-order valence-electron chi connectivity index (χ0n) is 12.1. The largest absolute Gasteiger partial charge is 0.299 e. The summed E-state index contributed by atoms with van der Waals surface area (Å²) in [6.07, 6.45) is 0.397. The molecule has 0 unspecified atom stereocenters. The van der Waals surface area contributed by atoms with E-state index in [4.69, 9.17) is 0 Å². The summed E-state index contributed by atoms with van der Waals surface area (Å²) in [5.74, 6) is -1.47. The Hall–Kier alpha value is -1.97. The van der Waals surface area contributed by atoms with Crippen molar-refractivity contribution in [3.8, 4) is 0 Å². The molecule has 1 aliphatic heterocycles. The summed E-state index contributed by atoms with van der Waals surface area (Å²) in [6, 6.07) is 7.65. The van der Waals surface area contributed by atoms with E-state index in [0.717, 1.165) is 11.1 Å². The first-order chi connectivity index (χ1) is 10.0. The van der Waals surface area contributed by atoms with E-state index >= 15 is 0 Å². The summed E-state index contributed by atoms with van der Waals surface area (Å²) < 4.78 is 0. The minimum atomic E-state index is -0.471. The number of rotatable bonds is 1. The molecule has 21 heavy (non-hydrogen) atoms. The van der Waals surface area contributed by atoms with Gasteiger partial charge in [0.1, 0.15) is 5.78 Å². The predicted octanol–water partition coefficient (Wildman–Crippen LogP) is 1.85. The molecule has 2 bridgehead atoms. The molecule has 0 aromatic heterocycles. The van der Waals surface area contributed by atoms with Crippen LogP contribution in [0.15, 0.2) is 24.3 Å². The summed E-state index contributed by atoms with van der Waals surface area (Å²) in [7, 11) is 0. The maximum absolute atomic E-state index is 12.7. The average Bonchev–Trinajstić information content (AvgIpc) is 2.72. The third-order valence-electron chi connectivity index (χ3n) is 5.24. The molecule has 0 radical (unpaired) electrons. The predicted molar refractivity (Wildman–Crippen MR) is 75.5 cm³/mol. The first kappa shape index (κ1) is 12.7. The Balaban J connectivity index is 1.91. The second-order valence-electron chi connectivity index (χ2n) is 6.58. The van der Waals surface area contributed by atoms with Crippen LogP contribution in [0.5, 0.6) is 0 Å². The normalized spacial score (nSPS) is 33.7. The van der Waals surface area contributed by atoms with Crippen molar-refractivity contribution in [2.75, 3.05) is 0 Å². The second kappa shape index (κ2) is 4.03. The van der Waals surface area contributed by atoms with Crippen LogP contribution in [-0.4, -0.2) is 28.5 Å². The molecule has 3 aliphatic carbocycles. The Morgan fingerprint density at radius 1 is 1.00 bits per heavy atom. The number of likely N-dealkylation sites (tertiary alicyclic amines) is 1. The molecule has 1 saturated heterocycles. The topological polar surface area (TPSA) is 54.5 Å². The smallest absolute Gasteiger partial charge is 0.234 e. The van der Waals surface area contributed by atoms with Crippen LogP contribution in [-0.2, 0) is 14.4 Å². The van der Waals surface area contributed by atoms with Crippen LogP contribution >= 0.6 is 0 Å². The number of carbonyl (C=O) groups is 3. The van der Waals surface area contributed by atoms with Crippen molar-refractivity contribution in [1.82, 2.24) is 4.90 Å². The van der Waals surface area contributed by atoms with Crippen LogP contribution in [0.2, 0.25) is 0 Å². The molecular weight excluding hydrogens is 266 g/mol. The average molecular weight is 283 g/mol. The standard InChI is InChI=1S/C17H17NO3/c1-8(2)18-16(20)14-11-7-12(19)13(15(14)17(18)21)10-6-4-3-5-9(10)11/h3-6,8,11,13-15H,7H2,1-2H3/t11-,13+,14-,15+/m0/s1. The minimum Gasteiger partial charge on any atom is -0.299 e. The third kappa shape index (κ3) is 1.42. The molecule has 0 spiro atoms. The van der Waals surface area contributed by atoms with E-state index in [0.29, 0.717) is 6.42 Å². The summed E-state index contributed by atoms with van der Waals surface area (Å²) in [6.45, 7) is 3.70. The van der Waals surface area contributed by atoms with Gasteiger partial charge in [0.05, 0.1) is 17.8 Å². The molecule has 5 rings (SSSR count). The molecule has 2 fully saturated rings. The van der Waals surface area contributed by atoms with Crippen molar-refractivity contribution in [3.05, 3.63) is 35.4 Å². The van der Waals surface area contributed by atoms with Crippen LogP contribution in [0.3, 0.4) is 0 Å². The van der Waals surface area contributed by atoms with Crippen LogP contribution < -0.4 is 0 Å². The molecule has 1 aromatic rings. The number of benzene rings is 1. The molecule has 1 saturated carbocycles. The molecular formula is C17H17NO3. The monoisotopic (exact) mass is 283 g/mol. The zero-order chi connectivity index (χ0) is 14.9. The zero-order valence-corrected chi connectivity index (χ0v) is 12.1. The fourth-order valence-corrected chi connectivity index (χ4v) is 4.49. The Morgan fingerprint density at radius 3 is 2.29 bits per heavy atom. The molecule has 4 heteroatoms. The molecule has 4 atom stereocenters. The van der Waals surface area contributed by atoms with Gasteiger partial charge >= 0.3 is 0 Å². The molecule has 4 nitrogen and oxygen atoms in total. The van der Waals surface area contributed by atoms with Crippen LogP contribution in [0.4, 0.5) is 0 Å². The SMILES string of the molecule is CC(C)N1C(=O)[C@@H]2[C@H](C1=O)[C@H]1C(=O)C[C@H]2c2ccccc21. The van der Waals surface area contributed by atoms with E-state index < -0.39 is 11.8 Å². The van der Waals surface area contributed by atoms with Crippen molar-refractivity contribution in [2.24, 2.45) is 11.8 Å². The maximum Gasteiger partial charge on any atom is 0.234 e. The highest BCUT2D eigenvalue weighted by Crippen LogP contribution is 2.57. The van der Waals surface area contributed by atoms with E-state index in [2.05, 4.69) is 0 Å². The van der Waals surface area contributed by atoms with Crippen molar-refractivity contribution in [1.29, 1.82) is 0 Å². The number of ketones is 1. The Kier molecular flexibility index (Phi) is 2.44. The molecule has 108 valence electrons. The lowest BCUT2D eigenvalue weighted by Gasteiger charge is -2.43. The van der Waals surface area contributed by atoms with Gasteiger partial charge in [-0.05, 0) is 25.0 Å². The third-order valence-corrected chi connectivity index (χ3v) is 5.24. The van der Waals surface area contributed by atoms with Crippen LogP contribution in [0.1, 0.15) is 43.2 Å². The lowest BCUT2D eigenvalue weighted by atomic mass is 9.56. The van der Waals surface area contributed by atoms with Gasteiger partial charge in [-0.3, -0.25) is 19.3 Å². The first-order valence-corrected chi connectivity index (χ1v) is 7.51. The van der Waals surface area contributed by atoms with E-state index in [-0.39, 0.29) is 35.5 Å². The highest BCUT2D eigenvalue weighted by atomic mass is 16.2. The summed E-state index contributed by atoms with van der Waals surface area (Å²) in [5.41, 5.74) is 2.06. The molecule has 2 amide bonds. The number of fused-ring (bicyclic) bond motifs is 1. The molecule has 1 aromatic carbocycles. The Labute approximate surface area is 123 Å². The summed E-state index contributed by atoms with van der Waals surface area (Å²) >= 11 is 0. The van der Waals surface area contributed by atoms with Gasteiger partial charge in [-0.25, -0.2) is 0 Å². The van der Waals surface area contributed by atoms with Gasteiger partial charge in [0, 0.05) is 18.4 Å². The maximum atomic E-state index is 12.7. The van der Waals surface area contributed by atoms with Gasteiger partial charge < -0.3 is 0 Å². The van der Waals surface area contributed by atoms with Crippen molar-refractivity contribution < 1.29 is 14.4 Å². The summed E-state index contributed by atoms with van der Waals surface area (Å²) in [4.78, 5) is 39.2. The summed E-state index contributed by atoms with van der Waals surface area (Å²) in [5, 5.41) is 0. The van der Waals surface area contributed by atoms with Gasteiger partial charge in [-0.15, -0.1) is 0 Å². The fourth-order valence-electron chi connectivity index (χ4n) is 4.49.